The maximum atomic E-state index is 12.6. The van der Waals surface area contributed by atoms with Gasteiger partial charge in [-0.3, -0.25) is 19.4 Å². The van der Waals surface area contributed by atoms with Gasteiger partial charge in [0.05, 0.1) is 24.5 Å². The minimum Gasteiger partial charge on any atom is -0.318 e. The fourth-order valence-corrected chi connectivity index (χ4v) is 3.79. The second-order valence-corrected chi connectivity index (χ2v) is 8.87. The molecular formula is C19H26B3N7O. The third-order valence-electron chi connectivity index (χ3n) is 5.56. The van der Waals surface area contributed by atoms with Crippen LogP contribution in [-0.2, 0) is 11.8 Å². The minimum absolute atomic E-state index is 0.0394. The quantitative estimate of drug-likeness (QED) is 0.504. The highest BCUT2D eigenvalue weighted by Crippen LogP contribution is 2.23. The van der Waals surface area contributed by atoms with Crippen molar-refractivity contribution in [1.82, 2.24) is 29.5 Å². The molecule has 0 radical (unpaired) electrons. The second kappa shape index (κ2) is 8.24. The first kappa shape index (κ1) is 20.6. The number of rotatable bonds is 5. The summed E-state index contributed by atoms with van der Waals surface area (Å²) < 4.78 is 1.76. The van der Waals surface area contributed by atoms with Gasteiger partial charge in [-0.25, -0.2) is 4.98 Å². The molecule has 152 valence electrons. The van der Waals surface area contributed by atoms with Crippen LogP contribution in [0.5, 0.6) is 0 Å². The summed E-state index contributed by atoms with van der Waals surface area (Å²) in [6, 6.07) is 3.92. The number of aryl methyl sites for hydroxylation is 1. The van der Waals surface area contributed by atoms with E-state index < -0.39 is 0 Å². The van der Waals surface area contributed by atoms with Gasteiger partial charge in [0.2, 0.25) is 5.91 Å². The lowest BCUT2D eigenvalue weighted by molar-refractivity contribution is -0.117. The van der Waals surface area contributed by atoms with Crippen LogP contribution in [0.2, 0.25) is 0 Å². The molecule has 0 aromatic carbocycles. The monoisotopic (exact) mass is 401 g/mol. The smallest absolute Gasteiger partial charge is 0.239 e. The summed E-state index contributed by atoms with van der Waals surface area (Å²) in [5.74, 6) is 0.508. The van der Waals surface area contributed by atoms with Crippen molar-refractivity contribution in [3.63, 3.8) is 0 Å². The van der Waals surface area contributed by atoms with Crippen LogP contribution < -0.4 is 5.32 Å². The predicted molar refractivity (Wildman–Crippen MR) is 127 cm³/mol. The first-order valence-electron chi connectivity index (χ1n) is 10.3. The van der Waals surface area contributed by atoms with Gasteiger partial charge < -0.3 is 10.2 Å². The SMILES string of the molecule is BC(B)(B)N1CCN(CC(=O)Nc2cc3cc(-c4cnn(C)c4)cnc3cn2)CC1. The molecule has 1 aliphatic rings. The summed E-state index contributed by atoms with van der Waals surface area (Å²) >= 11 is 0. The van der Waals surface area contributed by atoms with E-state index in [-0.39, 0.29) is 11.1 Å². The van der Waals surface area contributed by atoms with E-state index in [1.165, 1.54) is 0 Å². The molecule has 0 aliphatic carbocycles. The van der Waals surface area contributed by atoms with E-state index in [0.29, 0.717) is 12.4 Å². The van der Waals surface area contributed by atoms with Gasteiger partial charge in [-0.1, -0.05) is 5.24 Å². The average Bonchev–Trinajstić information content (AvgIpc) is 3.13. The number of anilines is 1. The van der Waals surface area contributed by atoms with Crippen molar-refractivity contribution in [2.75, 3.05) is 38.0 Å². The molecule has 4 rings (SSSR count). The molecule has 4 heterocycles. The van der Waals surface area contributed by atoms with E-state index in [9.17, 15) is 4.79 Å². The van der Waals surface area contributed by atoms with Crippen LogP contribution in [0.25, 0.3) is 22.0 Å². The predicted octanol–water partition coefficient (Wildman–Crippen LogP) is -1.90. The van der Waals surface area contributed by atoms with Gasteiger partial charge >= 0.3 is 0 Å². The van der Waals surface area contributed by atoms with Crippen molar-refractivity contribution in [3.05, 3.63) is 36.9 Å². The van der Waals surface area contributed by atoms with Crippen molar-refractivity contribution in [2.45, 2.75) is 5.24 Å². The molecule has 1 fully saturated rings. The molecule has 30 heavy (non-hydrogen) atoms. The second-order valence-electron chi connectivity index (χ2n) is 8.87. The zero-order chi connectivity index (χ0) is 21.3. The maximum Gasteiger partial charge on any atom is 0.239 e. The Bertz CT molecular complexity index is 1060. The molecule has 3 aromatic rings. The summed E-state index contributed by atoms with van der Waals surface area (Å²) in [7, 11) is 8.58. The van der Waals surface area contributed by atoms with Gasteiger partial charge in [0, 0.05) is 62.1 Å². The van der Waals surface area contributed by atoms with Crippen LogP contribution in [0.4, 0.5) is 5.82 Å². The van der Waals surface area contributed by atoms with Crippen molar-refractivity contribution < 1.29 is 4.79 Å². The van der Waals surface area contributed by atoms with Crippen LogP contribution in [0.1, 0.15) is 0 Å². The Hall–Kier alpha value is -2.65. The van der Waals surface area contributed by atoms with Crippen molar-refractivity contribution in [1.29, 1.82) is 0 Å². The molecule has 0 spiro atoms. The van der Waals surface area contributed by atoms with E-state index in [2.05, 4.69) is 53.7 Å². The first-order valence-corrected chi connectivity index (χ1v) is 10.3. The van der Waals surface area contributed by atoms with Gasteiger partial charge in [0.15, 0.2) is 0 Å². The standard InChI is InChI=1S/C19H26B3N7O/c1-27-11-15(9-25-27)14-6-13-7-17(24-10-16(13)23-8-14)26-18(30)12-28-2-4-29(5-3-28)19(20,21)22/h6-11H,2-5,12,20-22H2,1H3,(H,24,26,30). The number of hydrogen-bond donors (Lipinski definition) is 1. The van der Waals surface area contributed by atoms with E-state index in [0.717, 1.165) is 48.2 Å². The van der Waals surface area contributed by atoms with Crippen LogP contribution in [0.3, 0.4) is 0 Å². The largest absolute Gasteiger partial charge is 0.318 e. The molecule has 1 aliphatic heterocycles. The van der Waals surface area contributed by atoms with E-state index in [4.69, 9.17) is 0 Å². The molecular weight excluding hydrogens is 375 g/mol. The van der Waals surface area contributed by atoms with Gasteiger partial charge in [0.1, 0.15) is 29.4 Å². The third-order valence-corrected chi connectivity index (χ3v) is 5.56. The van der Waals surface area contributed by atoms with Crippen LogP contribution in [0, 0.1) is 0 Å². The summed E-state index contributed by atoms with van der Waals surface area (Å²) in [6.45, 7) is 4.13. The number of hydrogen-bond acceptors (Lipinski definition) is 6. The minimum atomic E-state index is -0.0394. The highest BCUT2D eigenvalue weighted by molar-refractivity contribution is 6.59. The molecule has 0 bridgehead atoms. The molecule has 11 heteroatoms. The average molecular weight is 401 g/mol. The zero-order valence-electron chi connectivity index (χ0n) is 18.1. The molecule has 1 saturated heterocycles. The molecule has 0 saturated carbocycles. The molecule has 0 unspecified atom stereocenters. The van der Waals surface area contributed by atoms with E-state index >= 15 is 0 Å². The number of fused-ring (bicyclic) bond motifs is 1. The van der Waals surface area contributed by atoms with Gasteiger partial charge in [-0.15, -0.1) is 0 Å². The number of nitrogens with zero attached hydrogens (tertiary/aromatic N) is 6. The Morgan fingerprint density at radius 3 is 2.50 bits per heavy atom. The van der Waals surface area contributed by atoms with E-state index in [1.807, 2.05) is 37.8 Å². The fourth-order valence-electron chi connectivity index (χ4n) is 3.79. The number of piperazine rings is 1. The molecule has 8 nitrogen and oxygen atoms in total. The summed E-state index contributed by atoms with van der Waals surface area (Å²) in [5.41, 5.74) is 2.78. The lowest BCUT2D eigenvalue weighted by atomic mass is 9.48. The maximum absolute atomic E-state index is 12.6. The lowest BCUT2D eigenvalue weighted by Gasteiger charge is -2.42. The van der Waals surface area contributed by atoms with Crippen molar-refractivity contribution >= 4 is 46.2 Å². The van der Waals surface area contributed by atoms with Crippen molar-refractivity contribution in [2.24, 2.45) is 7.05 Å². The van der Waals surface area contributed by atoms with Crippen LogP contribution in [-0.4, -0.2) is 97.0 Å². The fraction of sp³-hybridized carbons (Fsp3) is 0.368. The molecule has 1 amide bonds. The van der Waals surface area contributed by atoms with Crippen LogP contribution >= 0.6 is 0 Å². The number of amides is 1. The number of carbonyl (C=O) groups is 1. The van der Waals surface area contributed by atoms with Gasteiger partial charge in [0.25, 0.3) is 0 Å². The first-order chi connectivity index (χ1) is 14.3. The normalized spacial score (nSPS) is 16.0. The van der Waals surface area contributed by atoms with Gasteiger partial charge in [-0.05, 0) is 12.1 Å². The summed E-state index contributed by atoms with van der Waals surface area (Å²) in [5, 5.41) is 8.26. The Balaban J connectivity index is 1.40. The Morgan fingerprint density at radius 2 is 1.83 bits per heavy atom. The number of pyridine rings is 2. The number of nitrogens with one attached hydrogen (secondary N) is 1. The summed E-state index contributed by atoms with van der Waals surface area (Å²) in [4.78, 5) is 26.0. The molecule has 3 aromatic heterocycles. The molecule has 1 N–H and O–H groups in total. The Kier molecular flexibility index (Phi) is 5.66. The topological polar surface area (TPSA) is 79.2 Å². The van der Waals surface area contributed by atoms with Gasteiger partial charge in [-0.2, -0.15) is 5.10 Å². The highest BCUT2D eigenvalue weighted by atomic mass is 16.2. The zero-order valence-corrected chi connectivity index (χ0v) is 18.1. The highest BCUT2D eigenvalue weighted by Gasteiger charge is 2.26. The Morgan fingerprint density at radius 1 is 1.07 bits per heavy atom. The Labute approximate surface area is 179 Å². The summed E-state index contributed by atoms with van der Waals surface area (Å²) in [6.07, 6.45) is 7.27. The van der Waals surface area contributed by atoms with Crippen LogP contribution in [0.15, 0.2) is 36.9 Å². The lowest BCUT2D eigenvalue weighted by Crippen LogP contribution is -2.59. The van der Waals surface area contributed by atoms with Crippen molar-refractivity contribution in [3.8, 4) is 11.1 Å². The number of carbonyl (C=O) groups excluding carboxylic acids is 1. The van der Waals surface area contributed by atoms with E-state index in [1.54, 1.807) is 10.9 Å². The third kappa shape index (κ3) is 4.74. The molecule has 0 atom stereocenters. The number of aromatic nitrogens is 4.